The summed E-state index contributed by atoms with van der Waals surface area (Å²) < 4.78 is 15.9. The molecule has 0 saturated carbocycles. The van der Waals surface area contributed by atoms with Gasteiger partial charge in [-0.3, -0.25) is 4.99 Å². The average Bonchev–Trinajstić information content (AvgIpc) is 3.17. The maximum Gasteiger partial charge on any atom is 0.194 e. The van der Waals surface area contributed by atoms with E-state index in [9.17, 15) is 5.11 Å². The molecule has 0 aliphatic carbocycles. The Morgan fingerprint density at radius 2 is 2.18 bits per heavy atom. The Morgan fingerprint density at radius 3 is 2.89 bits per heavy atom. The number of ether oxygens (including phenoxy) is 3. The minimum Gasteiger partial charge on any atom is -0.497 e. The summed E-state index contributed by atoms with van der Waals surface area (Å²) in [5.41, 5.74) is 0.805. The fourth-order valence-corrected chi connectivity index (χ4v) is 3.11. The number of halogens is 1. The van der Waals surface area contributed by atoms with Gasteiger partial charge in [0.2, 0.25) is 0 Å². The van der Waals surface area contributed by atoms with E-state index in [4.69, 9.17) is 14.2 Å². The molecule has 160 valence electrons. The van der Waals surface area contributed by atoms with Crippen molar-refractivity contribution in [1.82, 2.24) is 10.2 Å². The van der Waals surface area contributed by atoms with Crippen LogP contribution in [0.4, 0.5) is 0 Å². The van der Waals surface area contributed by atoms with Crippen molar-refractivity contribution in [2.45, 2.75) is 19.4 Å². The lowest BCUT2D eigenvalue weighted by Gasteiger charge is -2.22. The van der Waals surface area contributed by atoms with E-state index >= 15 is 0 Å². The van der Waals surface area contributed by atoms with E-state index in [0.29, 0.717) is 25.7 Å². The number of likely N-dealkylation sites (tertiary alicyclic amines) is 1. The van der Waals surface area contributed by atoms with E-state index in [-0.39, 0.29) is 24.0 Å². The normalized spacial score (nSPS) is 17.9. The monoisotopic (exact) mass is 507 g/mol. The van der Waals surface area contributed by atoms with Crippen LogP contribution in [0.25, 0.3) is 0 Å². The molecule has 1 fully saturated rings. The minimum atomic E-state index is -0.662. The van der Waals surface area contributed by atoms with Gasteiger partial charge in [0, 0.05) is 32.7 Å². The van der Waals surface area contributed by atoms with Crippen molar-refractivity contribution in [3.05, 3.63) is 29.8 Å². The number of aliphatic hydroxyl groups is 1. The molecule has 28 heavy (non-hydrogen) atoms. The highest BCUT2D eigenvalue weighted by Gasteiger charge is 2.25. The molecule has 1 saturated heterocycles. The van der Waals surface area contributed by atoms with E-state index in [1.165, 1.54) is 0 Å². The summed E-state index contributed by atoms with van der Waals surface area (Å²) in [5, 5.41) is 13.8. The Balaban J connectivity index is 0.00000392. The Morgan fingerprint density at radius 1 is 1.36 bits per heavy atom. The third-order valence-corrected chi connectivity index (χ3v) is 4.60. The minimum absolute atomic E-state index is 0. The summed E-state index contributed by atoms with van der Waals surface area (Å²) >= 11 is 0. The second-order valence-corrected chi connectivity index (χ2v) is 6.66. The molecular formula is C20H34IN3O4. The van der Waals surface area contributed by atoms with Crippen molar-refractivity contribution >= 4 is 29.9 Å². The van der Waals surface area contributed by atoms with Crippen LogP contribution in [0, 0.1) is 5.92 Å². The van der Waals surface area contributed by atoms with Gasteiger partial charge in [0.05, 0.1) is 39.6 Å². The lowest BCUT2D eigenvalue weighted by atomic mass is 10.1. The lowest BCUT2D eigenvalue weighted by Crippen LogP contribution is -2.40. The molecule has 2 unspecified atom stereocenters. The van der Waals surface area contributed by atoms with Crippen LogP contribution in [0.2, 0.25) is 0 Å². The van der Waals surface area contributed by atoms with E-state index in [2.05, 4.69) is 22.1 Å². The summed E-state index contributed by atoms with van der Waals surface area (Å²) in [6, 6.07) is 7.47. The maximum atomic E-state index is 10.5. The van der Waals surface area contributed by atoms with Gasteiger partial charge in [-0.15, -0.1) is 24.0 Å². The first-order chi connectivity index (χ1) is 13.2. The summed E-state index contributed by atoms with van der Waals surface area (Å²) in [7, 11) is 3.30. The predicted molar refractivity (Wildman–Crippen MR) is 122 cm³/mol. The van der Waals surface area contributed by atoms with Crippen molar-refractivity contribution in [1.29, 1.82) is 0 Å². The molecule has 0 aromatic heterocycles. The first-order valence-corrected chi connectivity index (χ1v) is 9.59. The number of aliphatic imine (C=N–C) groups is 1. The Labute approximate surface area is 185 Å². The molecular weight excluding hydrogens is 473 g/mol. The third-order valence-electron chi connectivity index (χ3n) is 4.60. The molecule has 1 aromatic rings. The maximum absolute atomic E-state index is 10.5. The fraction of sp³-hybridized carbons (Fsp3) is 0.650. The van der Waals surface area contributed by atoms with Crippen LogP contribution < -0.4 is 10.1 Å². The Hall–Kier alpha value is -1.10. The molecule has 1 aliphatic heterocycles. The van der Waals surface area contributed by atoms with Gasteiger partial charge in [0.1, 0.15) is 5.75 Å². The number of nitrogens with one attached hydrogen (secondary N) is 1. The van der Waals surface area contributed by atoms with Crippen molar-refractivity contribution in [3.8, 4) is 5.75 Å². The molecule has 0 spiro atoms. The van der Waals surface area contributed by atoms with Crippen LogP contribution in [0.5, 0.6) is 5.75 Å². The van der Waals surface area contributed by atoms with Crippen LogP contribution in [0.1, 0.15) is 25.0 Å². The molecule has 8 heteroatoms. The quantitative estimate of drug-likeness (QED) is 0.219. The Bertz CT molecular complexity index is 588. The molecule has 1 aromatic carbocycles. The molecule has 1 aliphatic rings. The summed E-state index contributed by atoms with van der Waals surface area (Å²) in [4.78, 5) is 6.89. The van der Waals surface area contributed by atoms with Gasteiger partial charge in [-0.25, -0.2) is 0 Å². The SMILES string of the molecule is CCNC(=NCC(O)c1cccc(OC)c1)N1CCC(COCCOC)C1.I. The van der Waals surface area contributed by atoms with Crippen LogP contribution in [-0.2, 0) is 9.47 Å². The van der Waals surface area contributed by atoms with Crippen molar-refractivity contribution in [2.24, 2.45) is 10.9 Å². The molecule has 2 rings (SSSR count). The predicted octanol–water partition coefficient (Wildman–Crippen LogP) is 2.30. The molecule has 1 heterocycles. The highest BCUT2D eigenvalue weighted by molar-refractivity contribution is 14.0. The average molecular weight is 507 g/mol. The van der Waals surface area contributed by atoms with Gasteiger partial charge in [-0.05, 0) is 31.0 Å². The molecule has 0 amide bonds. The number of hydrogen-bond donors (Lipinski definition) is 2. The second kappa shape index (κ2) is 14.0. The molecule has 0 bridgehead atoms. The lowest BCUT2D eigenvalue weighted by molar-refractivity contribution is 0.0536. The highest BCUT2D eigenvalue weighted by atomic mass is 127. The van der Waals surface area contributed by atoms with Crippen molar-refractivity contribution in [2.75, 3.05) is 60.2 Å². The standard InChI is InChI=1S/C20H33N3O4.HI/c1-4-21-20(23-9-8-16(14-23)15-27-11-10-25-2)22-13-19(24)17-6-5-7-18(12-17)26-3;/h5-7,12,16,19,24H,4,8-11,13-15H2,1-3H3,(H,21,22);1H. The zero-order chi connectivity index (χ0) is 19.5. The van der Waals surface area contributed by atoms with Crippen LogP contribution in [-0.4, -0.2) is 76.2 Å². The van der Waals surface area contributed by atoms with Gasteiger partial charge in [-0.2, -0.15) is 0 Å². The van der Waals surface area contributed by atoms with E-state index in [0.717, 1.165) is 49.9 Å². The number of benzene rings is 1. The number of rotatable bonds is 10. The molecule has 0 radical (unpaired) electrons. The second-order valence-electron chi connectivity index (χ2n) is 6.66. The summed E-state index contributed by atoms with van der Waals surface area (Å²) in [6.45, 7) is 7.01. The first-order valence-electron chi connectivity index (χ1n) is 9.59. The zero-order valence-electron chi connectivity index (χ0n) is 17.1. The van der Waals surface area contributed by atoms with Gasteiger partial charge in [-0.1, -0.05) is 12.1 Å². The van der Waals surface area contributed by atoms with Gasteiger partial charge in [0.25, 0.3) is 0 Å². The summed E-state index contributed by atoms with van der Waals surface area (Å²) in [5.74, 6) is 2.08. The number of nitrogens with zero attached hydrogens (tertiary/aromatic N) is 2. The van der Waals surface area contributed by atoms with Gasteiger partial charge >= 0.3 is 0 Å². The number of guanidine groups is 1. The Kier molecular flexibility index (Phi) is 12.4. The number of methoxy groups -OCH3 is 2. The van der Waals surface area contributed by atoms with Crippen LogP contribution >= 0.6 is 24.0 Å². The number of aliphatic hydroxyl groups excluding tert-OH is 1. The van der Waals surface area contributed by atoms with Gasteiger partial charge in [0.15, 0.2) is 5.96 Å². The molecule has 2 N–H and O–H groups in total. The van der Waals surface area contributed by atoms with E-state index in [1.807, 2.05) is 24.3 Å². The van der Waals surface area contributed by atoms with E-state index in [1.54, 1.807) is 14.2 Å². The largest absolute Gasteiger partial charge is 0.497 e. The first kappa shape index (κ1) is 24.9. The highest BCUT2D eigenvalue weighted by Crippen LogP contribution is 2.20. The third kappa shape index (κ3) is 8.10. The molecule has 7 nitrogen and oxygen atoms in total. The van der Waals surface area contributed by atoms with Crippen molar-refractivity contribution < 1.29 is 19.3 Å². The van der Waals surface area contributed by atoms with Crippen LogP contribution in [0.3, 0.4) is 0 Å². The topological polar surface area (TPSA) is 75.6 Å². The van der Waals surface area contributed by atoms with Crippen LogP contribution in [0.15, 0.2) is 29.3 Å². The van der Waals surface area contributed by atoms with E-state index < -0.39 is 6.10 Å². The molecule has 2 atom stereocenters. The summed E-state index contributed by atoms with van der Waals surface area (Å²) in [6.07, 6.45) is 0.417. The number of hydrogen-bond acceptors (Lipinski definition) is 5. The van der Waals surface area contributed by atoms with Gasteiger partial charge < -0.3 is 29.5 Å². The van der Waals surface area contributed by atoms with Crippen molar-refractivity contribution in [3.63, 3.8) is 0 Å². The fourth-order valence-electron chi connectivity index (χ4n) is 3.11. The zero-order valence-corrected chi connectivity index (χ0v) is 19.4. The smallest absolute Gasteiger partial charge is 0.194 e.